The molecular weight excluding hydrogens is 330 g/mol. The molecule has 1 atom stereocenters. The highest BCUT2D eigenvalue weighted by molar-refractivity contribution is 6.12. The molecule has 1 amide bonds. The predicted octanol–water partition coefficient (Wildman–Crippen LogP) is 3.22. The Kier molecular flexibility index (Phi) is 4.20. The lowest BCUT2D eigenvalue weighted by molar-refractivity contribution is 0.0991. The normalized spacial score (nSPS) is 19.7. The molecule has 6 nitrogen and oxygen atoms in total. The Labute approximate surface area is 152 Å². The molecule has 1 unspecified atom stereocenters. The average Bonchev–Trinajstić information content (AvgIpc) is 3.24. The van der Waals surface area contributed by atoms with Crippen molar-refractivity contribution in [3.8, 4) is 11.5 Å². The second-order valence-electron chi connectivity index (χ2n) is 6.79. The summed E-state index contributed by atoms with van der Waals surface area (Å²) in [6.07, 6.45) is 3.97. The Morgan fingerprint density at radius 2 is 1.85 bits per heavy atom. The molecule has 2 aromatic rings. The van der Waals surface area contributed by atoms with Gasteiger partial charge in [-0.2, -0.15) is 0 Å². The van der Waals surface area contributed by atoms with Crippen LogP contribution in [0.5, 0.6) is 11.5 Å². The van der Waals surface area contributed by atoms with Crippen molar-refractivity contribution in [1.29, 1.82) is 0 Å². The van der Waals surface area contributed by atoms with Crippen molar-refractivity contribution in [2.24, 2.45) is 5.73 Å². The highest BCUT2D eigenvalue weighted by Gasteiger charge is 2.36. The van der Waals surface area contributed by atoms with Crippen molar-refractivity contribution in [3.05, 3.63) is 47.5 Å². The van der Waals surface area contributed by atoms with Crippen LogP contribution in [-0.4, -0.2) is 19.1 Å². The minimum absolute atomic E-state index is 0.156. The third-order valence-electron chi connectivity index (χ3n) is 5.18. The summed E-state index contributed by atoms with van der Waals surface area (Å²) in [5.74, 6) is 1.01. The summed E-state index contributed by atoms with van der Waals surface area (Å²) in [5.41, 5.74) is 15.0. The predicted molar refractivity (Wildman–Crippen MR) is 100 cm³/mol. The first-order valence-electron chi connectivity index (χ1n) is 8.92. The zero-order valence-corrected chi connectivity index (χ0v) is 14.8. The first-order chi connectivity index (χ1) is 12.6. The van der Waals surface area contributed by atoms with Crippen LogP contribution in [0.4, 0.5) is 11.4 Å². The number of ether oxygens (including phenoxy) is 2. The number of hydrogen-bond acceptors (Lipinski definition) is 5. The van der Waals surface area contributed by atoms with Crippen LogP contribution in [0, 0.1) is 0 Å². The summed E-state index contributed by atoms with van der Waals surface area (Å²) in [7, 11) is 1.58. The second-order valence-corrected chi connectivity index (χ2v) is 6.79. The van der Waals surface area contributed by atoms with Gasteiger partial charge in [-0.3, -0.25) is 9.69 Å². The van der Waals surface area contributed by atoms with E-state index in [4.69, 9.17) is 20.9 Å². The zero-order valence-electron chi connectivity index (χ0n) is 14.8. The van der Waals surface area contributed by atoms with Gasteiger partial charge in [0, 0.05) is 23.3 Å². The highest BCUT2D eigenvalue weighted by Crippen LogP contribution is 2.43. The number of fused-ring (bicyclic) bond motifs is 1. The second kappa shape index (κ2) is 6.53. The molecule has 4 rings (SSSR count). The lowest BCUT2D eigenvalue weighted by atomic mass is 10.1. The van der Waals surface area contributed by atoms with Gasteiger partial charge in [0.1, 0.15) is 6.17 Å². The number of amides is 1. The monoisotopic (exact) mass is 353 g/mol. The van der Waals surface area contributed by atoms with Gasteiger partial charge in [0.25, 0.3) is 5.91 Å². The summed E-state index contributed by atoms with van der Waals surface area (Å²) in [6.45, 7) is 0. The van der Waals surface area contributed by atoms with Gasteiger partial charge in [-0.05, 0) is 31.7 Å². The van der Waals surface area contributed by atoms with Crippen molar-refractivity contribution >= 4 is 17.3 Å². The summed E-state index contributed by atoms with van der Waals surface area (Å²) < 4.78 is 11.6. The SMILES string of the molecule is COc1cc(N)c(N2C(=O)c3ccccc3C2N)cc1OC1CCCC1. The fourth-order valence-electron chi connectivity index (χ4n) is 3.82. The van der Waals surface area contributed by atoms with Gasteiger partial charge < -0.3 is 20.9 Å². The Morgan fingerprint density at radius 1 is 1.12 bits per heavy atom. The van der Waals surface area contributed by atoms with E-state index < -0.39 is 6.17 Å². The van der Waals surface area contributed by atoms with E-state index in [1.807, 2.05) is 18.2 Å². The van der Waals surface area contributed by atoms with E-state index in [9.17, 15) is 4.79 Å². The van der Waals surface area contributed by atoms with E-state index in [1.165, 1.54) is 17.7 Å². The molecule has 0 aromatic heterocycles. The maximum Gasteiger partial charge on any atom is 0.260 e. The molecule has 1 heterocycles. The van der Waals surface area contributed by atoms with Crippen LogP contribution in [0.3, 0.4) is 0 Å². The Morgan fingerprint density at radius 3 is 2.54 bits per heavy atom. The summed E-state index contributed by atoms with van der Waals surface area (Å²) in [4.78, 5) is 14.4. The summed E-state index contributed by atoms with van der Waals surface area (Å²) in [6, 6.07) is 10.8. The van der Waals surface area contributed by atoms with Crippen LogP contribution in [-0.2, 0) is 0 Å². The lowest BCUT2D eigenvalue weighted by Gasteiger charge is -2.25. The van der Waals surface area contributed by atoms with Gasteiger partial charge in [0.2, 0.25) is 0 Å². The van der Waals surface area contributed by atoms with Crippen molar-refractivity contribution in [2.45, 2.75) is 38.0 Å². The Bertz CT molecular complexity index is 846. The number of methoxy groups -OCH3 is 1. The number of nitrogens with zero attached hydrogens (tertiary/aromatic N) is 1. The molecular formula is C20H23N3O3. The molecule has 0 bridgehead atoms. The zero-order chi connectivity index (χ0) is 18.3. The number of rotatable bonds is 4. The summed E-state index contributed by atoms with van der Waals surface area (Å²) in [5, 5.41) is 0. The van der Waals surface area contributed by atoms with E-state index >= 15 is 0 Å². The van der Waals surface area contributed by atoms with Crippen LogP contribution < -0.4 is 25.8 Å². The first-order valence-corrected chi connectivity index (χ1v) is 8.92. The quantitative estimate of drug-likeness (QED) is 0.824. The van der Waals surface area contributed by atoms with Crippen LogP contribution >= 0.6 is 0 Å². The van der Waals surface area contributed by atoms with Gasteiger partial charge in [-0.25, -0.2) is 0 Å². The third-order valence-corrected chi connectivity index (χ3v) is 5.18. The number of nitrogen functional groups attached to an aromatic ring is 1. The first kappa shape index (κ1) is 16.7. The molecule has 136 valence electrons. The number of carbonyl (C=O) groups is 1. The standard InChI is InChI=1S/C20H23N3O3/c1-25-17-10-15(21)16(11-18(17)26-12-6-2-3-7-12)23-19(22)13-8-4-5-9-14(13)20(23)24/h4-5,8-12,19H,2-3,6-7,21-22H2,1H3. The maximum atomic E-state index is 12.9. The molecule has 1 aliphatic carbocycles. The minimum atomic E-state index is -0.575. The van der Waals surface area contributed by atoms with Crippen LogP contribution in [0.15, 0.2) is 36.4 Å². The fourth-order valence-corrected chi connectivity index (χ4v) is 3.82. The van der Waals surface area contributed by atoms with Crippen molar-refractivity contribution in [3.63, 3.8) is 0 Å². The van der Waals surface area contributed by atoms with Gasteiger partial charge in [-0.15, -0.1) is 0 Å². The number of hydrogen-bond donors (Lipinski definition) is 2. The molecule has 1 saturated carbocycles. The highest BCUT2D eigenvalue weighted by atomic mass is 16.5. The van der Waals surface area contributed by atoms with Gasteiger partial charge in [0.15, 0.2) is 11.5 Å². The lowest BCUT2D eigenvalue weighted by Crippen LogP contribution is -2.33. The topological polar surface area (TPSA) is 90.8 Å². The molecule has 0 saturated heterocycles. The molecule has 6 heteroatoms. The van der Waals surface area contributed by atoms with Crippen LogP contribution in [0.2, 0.25) is 0 Å². The van der Waals surface area contributed by atoms with Crippen molar-refractivity contribution in [1.82, 2.24) is 0 Å². The molecule has 26 heavy (non-hydrogen) atoms. The molecule has 1 fully saturated rings. The molecule has 2 aliphatic rings. The molecule has 0 radical (unpaired) electrons. The van der Waals surface area contributed by atoms with Crippen molar-refractivity contribution < 1.29 is 14.3 Å². The Balaban J connectivity index is 1.73. The van der Waals surface area contributed by atoms with Gasteiger partial charge in [0.05, 0.1) is 24.6 Å². The largest absolute Gasteiger partial charge is 0.493 e. The fraction of sp³-hybridized carbons (Fsp3) is 0.350. The number of benzene rings is 2. The molecule has 4 N–H and O–H groups in total. The van der Waals surface area contributed by atoms with Crippen molar-refractivity contribution in [2.75, 3.05) is 17.7 Å². The Hall–Kier alpha value is -2.73. The van der Waals surface area contributed by atoms with E-state index in [0.29, 0.717) is 28.4 Å². The average molecular weight is 353 g/mol. The number of anilines is 2. The number of nitrogens with two attached hydrogens (primary N) is 2. The van der Waals surface area contributed by atoms with Gasteiger partial charge in [-0.1, -0.05) is 18.2 Å². The van der Waals surface area contributed by atoms with Gasteiger partial charge >= 0.3 is 0 Å². The molecule has 2 aromatic carbocycles. The smallest absolute Gasteiger partial charge is 0.260 e. The van der Waals surface area contributed by atoms with E-state index in [2.05, 4.69) is 0 Å². The molecule has 1 aliphatic heterocycles. The summed E-state index contributed by atoms with van der Waals surface area (Å²) >= 11 is 0. The van der Waals surface area contributed by atoms with E-state index in [0.717, 1.165) is 18.4 Å². The third kappa shape index (κ3) is 2.66. The van der Waals surface area contributed by atoms with E-state index in [-0.39, 0.29) is 12.0 Å². The van der Waals surface area contributed by atoms with Crippen LogP contribution in [0.25, 0.3) is 0 Å². The number of carbonyl (C=O) groups excluding carboxylic acids is 1. The van der Waals surface area contributed by atoms with E-state index in [1.54, 1.807) is 25.3 Å². The minimum Gasteiger partial charge on any atom is -0.493 e. The maximum absolute atomic E-state index is 12.9. The van der Waals surface area contributed by atoms with Crippen LogP contribution in [0.1, 0.15) is 47.8 Å². The molecule has 0 spiro atoms.